The van der Waals surface area contributed by atoms with E-state index >= 15 is 0 Å². The van der Waals surface area contributed by atoms with Crippen molar-refractivity contribution in [3.63, 3.8) is 0 Å². The van der Waals surface area contributed by atoms with Gasteiger partial charge in [-0.05, 0) is 6.92 Å². The molecule has 0 heterocycles. The molecule has 13 heavy (non-hydrogen) atoms. The van der Waals surface area contributed by atoms with Gasteiger partial charge in [0, 0.05) is 0 Å². The number of carbonyl (C=O) groups is 1. The van der Waals surface area contributed by atoms with Crippen LogP contribution in [0, 0.1) is 0 Å². The third-order valence-electron chi connectivity index (χ3n) is 0.872. The molecule has 0 bridgehead atoms. The van der Waals surface area contributed by atoms with E-state index in [0.717, 1.165) is 12.2 Å². The summed E-state index contributed by atoms with van der Waals surface area (Å²) in [5, 5.41) is 2.00. The summed E-state index contributed by atoms with van der Waals surface area (Å²) in [5.41, 5.74) is 0. The van der Waals surface area contributed by atoms with Gasteiger partial charge in [-0.25, -0.2) is 14.4 Å². The van der Waals surface area contributed by atoms with Crippen LogP contribution in [0.5, 0.6) is 0 Å². The first-order valence-corrected chi connectivity index (χ1v) is 3.31. The van der Waals surface area contributed by atoms with Crippen LogP contribution in [0.15, 0.2) is 9.98 Å². The third-order valence-corrected chi connectivity index (χ3v) is 0.872. The van der Waals surface area contributed by atoms with Gasteiger partial charge in [0.15, 0.2) is 0 Å². The summed E-state index contributed by atoms with van der Waals surface area (Å²) in [6, 6.07) is 0. The molecule has 7 nitrogen and oxygen atoms in total. The number of amides is 1. The zero-order valence-corrected chi connectivity index (χ0v) is 6.81. The topological polar surface area (TPSA) is 97.2 Å². The van der Waals surface area contributed by atoms with E-state index in [1.807, 2.05) is 5.32 Å². The maximum Gasteiger partial charge on any atom is 0.410 e. The number of alkyl carbamates (subject to hydrolysis) is 1. The molecule has 7 heteroatoms. The Kier molecular flexibility index (Phi) is 5.70. The molecule has 0 saturated heterocycles. The average molecular weight is 185 g/mol. The fourth-order valence-electron chi connectivity index (χ4n) is 0.471. The first kappa shape index (κ1) is 11.0. The van der Waals surface area contributed by atoms with Gasteiger partial charge in [-0.3, -0.25) is 5.32 Å². The average Bonchev–Trinajstić information content (AvgIpc) is 2.05. The second-order valence-corrected chi connectivity index (χ2v) is 1.68. The van der Waals surface area contributed by atoms with Gasteiger partial charge in [-0.15, -0.1) is 0 Å². The maximum atomic E-state index is 10.7. The van der Waals surface area contributed by atoms with E-state index < -0.39 is 12.4 Å². The van der Waals surface area contributed by atoms with Crippen molar-refractivity contribution < 1.29 is 19.1 Å². The molecule has 1 amide bonds. The van der Waals surface area contributed by atoms with Crippen molar-refractivity contribution in [2.45, 2.75) is 13.2 Å². The Morgan fingerprint density at radius 3 is 2.38 bits per heavy atom. The summed E-state index contributed by atoms with van der Waals surface area (Å²) in [4.78, 5) is 36.2. The first-order valence-electron chi connectivity index (χ1n) is 3.31. The summed E-state index contributed by atoms with van der Waals surface area (Å²) in [6.07, 6.45) is 0.125. The molecule has 0 spiro atoms. The predicted molar refractivity (Wildman–Crippen MR) is 40.2 cm³/mol. The number of aliphatic imine (C=N–C) groups is 2. The molecule has 0 aliphatic carbocycles. The van der Waals surface area contributed by atoms with Crippen LogP contribution in [-0.2, 0) is 14.3 Å². The highest BCUT2D eigenvalue weighted by Crippen LogP contribution is 1.87. The summed E-state index contributed by atoms with van der Waals surface area (Å²) >= 11 is 0. The molecule has 0 aliphatic heterocycles. The Balaban J connectivity index is 4.16. The van der Waals surface area contributed by atoms with E-state index in [-0.39, 0.29) is 6.61 Å². The Bertz CT molecular complexity index is 247. The third kappa shape index (κ3) is 5.32. The highest BCUT2D eigenvalue weighted by Gasteiger charge is 2.08. The molecule has 1 N–H and O–H groups in total. The summed E-state index contributed by atoms with van der Waals surface area (Å²) < 4.78 is 4.44. The number of nitrogens with one attached hydrogen (secondary N) is 1. The molecule has 0 radical (unpaired) electrons. The number of rotatable bonds is 4. The lowest BCUT2D eigenvalue weighted by atomic mass is 10.8. The molecule has 0 fully saturated rings. The van der Waals surface area contributed by atoms with Crippen LogP contribution in [-0.4, -0.2) is 31.1 Å². The maximum absolute atomic E-state index is 10.7. The molecule has 0 aromatic carbocycles. The number of hydrogen-bond donors (Lipinski definition) is 1. The molecular formula is C6H7N3O4. The molecule has 0 rings (SSSR count). The normalized spacial score (nSPS) is 10.2. The smallest absolute Gasteiger partial charge is 0.410 e. The van der Waals surface area contributed by atoms with Crippen molar-refractivity contribution >= 4 is 18.3 Å². The van der Waals surface area contributed by atoms with E-state index in [9.17, 15) is 14.4 Å². The van der Waals surface area contributed by atoms with Crippen LogP contribution in [0.3, 0.4) is 0 Å². The van der Waals surface area contributed by atoms with Crippen molar-refractivity contribution in [1.29, 1.82) is 0 Å². The van der Waals surface area contributed by atoms with Gasteiger partial charge in [-0.2, -0.15) is 9.98 Å². The van der Waals surface area contributed by atoms with E-state index in [1.54, 1.807) is 6.92 Å². The summed E-state index contributed by atoms with van der Waals surface area (Å²) in [6.45, 7) is 1.76. The van der Waals surface area contributed by atoms with Crippen molar-refractivity contribution in [3.05, 3.63) is 0 Å². The minimum atomic E-state index is -1.31. The Hall–Kier alpha value is -1.97. The molecule has 0 atom stereocenters. The van der Waals surface area contributed by atoms with Crippen molar-refractivity contribution in [2.75, 3.05) is 6.61 Å². The lowest BCUT2D eigenvalue weighted by Gasteiger charge is -2.05. The number of ether oxygens (including phenoxy) is 1. The van der Waals surface area contributed by atoms with Crippen LogP contribution in [0.2, 0.25) is 0 Å². The molecule has 0 saturated carbocycles. The fraction of sp³-hybridized carbons (Fsp3) is 0.500. The highest BCUT2D eigenvalue weighted by atomic mass is 16.5. The van der Waals surface area contributed by atoms with Gasteiger partial charge in [0.2, 0.25) is 18.4 Å². The van der Waals surface area contributed by atoms with Crippen molar-refractivity contribution in [1.82, 2.24) is 5.32 Å². The zero-order valence-electron chi connectivity index (χ0n) is 6.81. The second-order valence-electron chi connectivity index (χ2n) is 1.68. The number of nitrogens with zero attached hydrogens (tertiary/aromatic N) is 2. The van der Waals surface area contributed by atoms with Crippen LogP contribution in [0.1, 0.15) is 6.92 Å². The van der Waals surface area contributed by atoms with Gasteiger partial charge in [-0.1, -0.05) is 0 Å². The molecular weight excluding hydrogens is 178 g/mol. The van der Waals surface area contributed by atoms with Crippen molar-refractivity contribution in [3.8, 4) is 0 Å². The number of isocyanates is 2. The SMILES string of the molecule is CCOC(=O)NC(N=C=O)N=C=O. The van der Waals surface area contributed by atoms with Gasteiger partial charge in [0.25, 0.3) is 0 Å². The minimum absolute atomic E-state index is 0.161. The Morgan fingerprint density at radius 1 is 1.46 bits per heavy atom. The van der Waals surface area contributed by atoms with Gasteiger partial charge in [0.05, 0.1) is 6.61 Å². The monoisotopic (exact) mass is 185 g/mol. The summed E-state index contributed by atoms with van der Waals surface area (Å²) in [5.74, 6) is 0. The Morgan fingerprint density at radius 2 is 2.00 bits per heavy atom. The first-order chi connectivity index (χ1) is 6.24. The van der Waals surface area contributed by atoms with Gasteiger partial charge >= 0.3 is 6.09 Å². The van der Waals surface area contributed by atoms with Crippen LogP contribution >= 0.6 is 0 Å². The number of hydrogen-bond acceptors (Lipinski definition) is 6. The molecule has 0 aliphatic rings. The fourth-order valence-corrected chi connectivity index (χ4v) is 0.471. The van der Waals surface area contributed by atoms with Crippen LogP contribution < -0.4 is 5.32 Å². The molecule has 0 unspecified atom stereocenters. The van der Waals surface area contributed by atoms with Crippen molar-refractivity contribution in [2.24, 2.45) is 9.98 Å². The van der Waals surface area contributed by atoms with Crippen LogP contribution in [0.25, 0.3) is 0 Å². The van der Waals surface area contributed by atoms with Gasteiger partial charge in [0.1, 0.15) is 0 Å². The lowest BCUT2D eigenvalue weighted by molar-refractivity contribution is 0.149. The quantitative estimate of drug-likeness (QED) is 0.479. The van der Waals surface area contributed by atoms with E-state index in [2.05, 4.69) is 14.7 Å². The summed E-state index contributed by atoms with van der Waals surface area (Å²) in [7, 11) is 0. The number of carbonyl (C=O) groups excluding carboxylic acids is 3. The zero-order chi connectivity index (χ0) is 10.1. The minimum Gasteiger partial charge on any atom is -0.450 e. The molecule has 70 valence electrons. The van der Waals surface area contributed by atoms with E-state index in [0.29, 0.717) is 0 Å². The highest BCUT2D eigenvalue weighted by molar-refractivity contribution is 5.67. The van der Waals surface area contributed by atoms with E-state index in [1.165, 1.54) is 0 Å². The standard InChI is InChI=1S/C6H7N3O4/c1-2-13-6(12)9-5(7-3-10)8-4-11/h5H,2H2,1H3,(H,9,12). The predicted octanol–water partition coefficient (Wildman–Crippen LogP) is -0.312. The lowest BCUT2D eigenvalue weighted by Crippen LogP contribution is -2.32. The largest absolute Gasteiger partial charge is 0.450 e. The second kappa shape index (κ2) is 6.72. The molecule has 0 aromatic rings. The van der Waals surface area contributed by atoms with Crippen LogP contribution in [0.4, 0.5) is 4.79 Å². The molecule has 0 aromatic heterocycles. The van der Waals surface area contributed by atoms with E-state index in [4.69, 9.17) is 0 Å². The Labute approximate surface area is 73.5 Å². The van der Waals surface area contributed by atoms with Gasteiger partial charge < -0.3 is 4.74 Å².